The van der Waals surface area contributed by atoms with E-state index >= 15 is 0 Å². The number of nitriles is 1. The molecule has 0 saturated heterocycles. The van der Waals surface area contributed by atoms with Crippen molar-refractivity contribution in [2.75, 3.05) is 0 Å². The SMILES string of the molecule is CC1(C)N=C(n2cnccc2=O)c2cc(C#N)ccc2O1. The fourth-order valence-corrected chi connectivity index (χ4v) is 2.16. The molecule has 1 aliphatic heterocycles. The highest BCUT2D eigenvalue weighted by Crippen LogP contribution is 2.31. The van der Waals surface area contributed by atoms with Crippen molar-refractivity contribution in [1.29, 1.82) is 5.26 Å². The predicted molar refractivity (Wildman–Crippen MR) is 76.3 cm³/mol. The lowest BCUT2D eigenvalue weighted by Crippen LogP contribution is -2.37. The highest BCUT2D eigenvalue weighted by atomic mass is 16.5. The summed E-state index contributed by atoms with van der Waals surface area (Å²) in [5.74, 6) is 1.01. The minimum absolute atomic E-state index is 0.241. The first-order valence-corrected chi connectivity index (χ1v) is 6.37. The molecule has 0 atom stereocenters. The van der Waals surface area contributed by atoms with E-state index in [9.17, 15) is 4.79 Å². The number of aromatic nitrogens is 2. The third-order valence-electron chi connectivity index (χ3n) is 3.04. The first-order valence-electron chi connectivity index (χ1n) is 6.37. The number of benzene rings is 1. The van der Waals surface area contributed by atoms with E-state index in [-0.39, 0.29) is 5.56 Å². The summed E-state index contributed by atoms with van der Waals surface area (Å²) in [7, 11) is 0. The second kappa shape index (κ2) is 4.56. The van der Waals surface area contributed by atoms with Crippen molar-refractivity contribution in [3.63, 3.8) is 0 Å². The zero-order chi connectivity index (χ0) is 15.0. The molecule has 0 unspecified atom stereocenters. The summed E-state index contributed by atoms with van der Waals surface area (Å²) < 4.78 is 7.13. The van der Waals surface area contributed by atoms with Gasteiger partial charge in [-0.1, -0.05) is 0 Å². The molecule has 0 saturated carbocycles. The van der Waals surface area contributed by atoms with E-state index in [4.69, 9.17) is 10.00 Å². The van der Waals surface area contributed by atoms with E-state index in [1.807, 2.05) is 0 Å². The van der Waals surface area contributed by atoms with Gasteiger partial charge in [0, 0.05) is 12.3 Å². The van der Waals surface area contributed by atoms with Crippen molar-refractivity contribution >= 4 is 5.84 Å². The van der Waals surface area contributed by atoms with Crippen LogP contribution < -0.4 is 10.3 Å². The van der Waals surface area contributed by atoms with Crippen molar-refractivity contribution in [1.82, 2.24) is 9.55 Å². The molecule has 1 aromatic carbocycles. The molecule has 0 fully saturated rings. The van der Waals surface area contributed by atoms with E-state index < -0.39 is 5.72 Å². The Bertz CT molecular complexity index is 843. The van der Waals surface area contributed by atoms with E-state index in [0.29, 0.717) is 22.7 Å². The van der Waals surface area contributed by atoms with Gasteiger partial charge in [-0.3, -0.25) is 9.36 Å². The van der Waals surface area contributed by atoms with Gasteiger partial charge in [0.1, 0.15) is 12.1 Å². The first-order chi connectivity index (χ1) is 10.00. The molecule has 0 bridgehead atoms. The number of rotatable bonds is 0. The number of ether oxygens (including phenoxy) is 1. The molecule has 0 spiro atoms. The fraction of sp³-hybridized carbons (Fsp3) is 0.200. The Morgan fingerprint density at radius 2 is 2.14 bits per heavy atom. The molecule has 21 heavy (non-hydrogen) atoms. The Morgan fingerprint density at radius 1 is 1.33 bits per heavy atom. The molecule has 6 heteroatoms. The van der Waals surface area contributed by atoms with Crippen LogP contribution in [0.3, 0.4) is 0 Å². The van der Waals surface area contributed by atoms with Gasteiger partial charge in [0.15, 0.2) is 11.6 Å². The summed E-state index contributed by atoms with van der Waals surface area (Å²) in [4.78, 5) is 20.5. The van der Waals surface area contributed by atoms with Crippen LogP contribution in [-0.4, -0.2) is 21.1 Å². The summed E-state index contributed by atoms with van der Waals surface area (Å²) in [6.07, 6.45) is 2.84. The second-order valence-electron chi connectivity index (χ2n) is 5.10. The maximum Gasteiger partial charge on any atom is 0.259 e. The zero-order valence-corrected chi connectivity index (χ0v) is 11.6. The van der Waals surface area contributed by atoms with Crippen LogP contribution in [0.1, 0.15) is 25.0 Å². The van der Waals surface area contributed by atoms with Crippen LogP contribution in [-0.2, 0) is 0 Å². The predicted octanol–water partition coefficient (Wildman–Crippen LogP) is 1.54. The fourth-order valence-electron chi connectivity index (χ4n) is 2.16. The Kier molecular flexibility index (Phi) is 2.84. The van der Waals surface area contributed by atoms with Crippen LogP contribution in [0.4, 0.5) is 0 Å². The molecule has 1 aromatic heterocycles. The number of fused-ring (bicyclic) bond motifs is 1. The van der Waals surface area contributed by atoms with E-state index in [1.165, 1.54) is 23.2 Å². The average molecular weight is 280 g/mol. The third-order valence-corrected chi connectivity index (χ3v) is 3.04. The molecule has 2 aromatic rings. The highest BCUT2D eigenvalue weighted by molar-refractivity contribution is 6.03. The summed E-state index contributed by atoms with van der Waals surface area (Å²) in [5, 5.41) is 9.04. The van der Waals surface area contributed by atoms with Gasteiger partial charge in [0.2, 0.25) is 0 Å². The maximum absolute atomic E-state index is 12.0. The number of hydrogen-bond donors (Lipinski definition) is 0. The topological polar surface area (TPSA) is 80.3 Å². The van der Waals surface area contributed by atoms with Gasteiger partial charge in [-0.05, 0) is 32.0 Å². The lowest BCUT2D eigenvalue weighted by Gasteiger charge is -2.30. The summed E-state index contributed by atoms with van der Waals surface area (Å²) in [6.45, 7) is 3.60. The molecule has 0 aliphatic carbocycles. The summed E-state index contributed by atoms with van der Waals surface area (Å²) in [6, 6.07) is 8.47. The molecule has 104 valence electrons. The monoisotopic (exact) mass is 280 g/mol. The lowest BCUT2D eigenvalue weighted by atomic mass is 10.1. The standard InChI is InChI=1S/C15H12N4O2/c1-15(2)18-14(19-9-17-6-5-13(19)20)11-7-10(8-16)3-4-12(11)21-15/h3-7,9H,1-2H3. The number of nitrogens with zero attached hydrogens (tertiary/aromatic N) is 4. The number of aliphatic imine (C=N–C) groups is 1. The zero-order valence-electron chi connectivity index (χ0n) is 11.6. The maximum atomic E-state index is 12.0. The molecule has 6 nitrogen and oxygen atoms in total. The second-order valence-corrected chi connectivity index (χ2v) is 5.10. The van der Waals surface area contributed by atoms with Crippen molar-refractivity contribution in [3.05, 3.63) is 58.3 Å². The smallest absolute Gasteiger partial charge is 0.259 e. The van der Waals surface area contributed by atoms with Crippen molar-refractivity contribution in [3.8, 4) is 11.8 Å². The lowest BCUT2D eigenvalue weighted by molar-refractivity contribution is 0.114. The Labute approximate surface area is 121 Å². The van der Waals surface area contributed by atoms with Gasteiger partial charge in [0.25, 0.3) is 5.56 Å². The Balaban J connectivity index is 2.29. The van der Waals surface area contributed by atoms with Gasteiger partial charge >= 0.3 is 0 Å². The molecule has 2 heterocycles. The summed E-state index contributed by atoms with van der Waals surface area (Å²) in [5.41, 5.74) is 0.0334. The van der Waals surface area contributed by atoms with Gasteiger partial charge in [-0.15, -0.1) is 0 Å². The van der Waals surface area contributed by atoms with Gasteiger partial charge in [0.05, 0.1) is 17.2 Å². The number of hydrogen-bond acceptors (Lipinski definition) is 5. The Hall–Kier alpha value is -2.94. The highest BCUT2D eigenvalue weighted by Gasteiger charge is 2.29. The quantitative estimate of drug-likeness (QED) is 0.733. The van der Waals surface area contributed by atoms with Gasteiger partial charge in [-0.25, -0.2) is 9.98 Å². The van der Waals surface area contributed by atoms with Crippen LogP contribution in [0.5, 0.6) is 5.75 Å². The average Bonchev–Trinajstić information content (AvgIpc) is 2.46. The first kappa shape index (κ1) is 13.1. The normalized spacial score (nSPS) is 15.4. The molecule has 1 aliphatic rings. The molecule has 0 radical (unpaired) electrons. The van der Waals surface area contributed by atoms with Crippen molar-refractivity contribution in [2.24, 2.45) is 4.99 Å². The minimum Gasteiger partial charge on any atom is -0.466 e. The summed E-state index contributed by atoms with van der Waals surface area (Å²) >= 11 is 0. The van der Waals surface area contributed by atoms with E-state index in [2.05, 4.69) is 16.0 Å². The van der Waals surface area contributed by atoms with Crippen LogP contribution in [0, 0.1) is 11.3 Å². The van der Waals surface area contributed by atoms with Crippen molar-refractivity contribution < 1.29 is 4.74 Å². The van der Waals surface area contributed by atoms with Gasteiger partial charge < -0.3 is 4.74 Å². The molecule has 0 amide bonds. The van der Waals surface area contributed by atoms with Crippen LogP contribution in [0.2, 0.25) is 0 Å². The third kappa shape index (κ3) is 2.30. The molecular weight excluding hydrogens is 268 g/mol. The van der Waals surface area contributed by atoms with E-state index in [1.54, 1.807) is 32.0 Å². The molecule has 0 N–H and O–H groups in total. The largest absolute Gasteiger partial charge is 0.466 e. The van der Waals surface area contributed by atoms with E-state index in [0.717, 1.165) is 0 Å². The van der Waals surface area contributed by atoms with Gasteiger partial charge in [-0.2, -0.15) is 5.26 Å². The van der Waals surface area contributed by atoms with Crippen LogP contribution >= 0.6 is 0 Å². The minimum atomic E-state index is -0.800. The molecular formula is C15H12N4O2. The van der Waals surface area contributed by atoms with Crippen LogP contribution in [0.25, 0.3) is 0 Å². The van der Waals surface area contributed by atoms with Crippen molar-refractivity contribution in [2.45, 2.75) is 19.6 Å². The molecule has 3 rings (SSSR count). The Morgan fingerprint density at radius 3 is 2.86 bits per heavy atom. The van der Waals surface area contributed by atoms with Crippen LogP contribution in [0.15, 0.2) is 46.6 Å².